The van der Waals surface area contributed by atoms with Crippen LogP contribution in [0, 0.1) is 5.92 Å². The van der Waals surface area contributed by atoms with Gasteiger partial charge >= 0.3 is 0 Å². The third kappa shape index (κ3) is 2.90. The minimum absolute atomic E-state index is 0.0213. The smallest absolute Gasteiger partial charge is 0.228 e. The number of rotatable bonds is 2. The van der Waals surface area contributed by atoms with Gasteiger partial charge < -0.3 is 15.1 Å². The average molecular weight is 366 g/mol. The van der Waals surface area contributed by atoms with Crippen molar-refractivity contribution in [2.75, 3.05) is 31.1 Å². The molecule has 2 atom stereocenters. The summed E-state index contributed by atoms with van der Waals surface area (Å²) in [5.41, 5.74) is 0.844. The highest BCUT2D eigenvalue weighted by Gasteiger charge is 2.39. The van der Waals surface area contributed by atoms with E-state index in [9.17, 15) is 9.59 Å². The minimum Gasteiger partial charge on any atom is -0.337 e. The fourth-order valence-corrected chi connectivity index (χ4v) is 3.68. The van der Waals surface area contributed by atoms with E-state index in [-0.39, 0.29) is 23.8 Å². The zero-order valence-corrected chi connectivity index (χ0v) is 14.2. The van der Waals surface area contributed by atoms with E-state index in [0.29, 0.717) is 13.0 Å². The van der Waals surface area contributed by atoms with Gasteiger partial charge in [-0.3, -0.25) is 9.59 Å². The summed E-state index contributed by atoms with van der Waals surface area (Å²) < 4.78 is 0.881. The quantitative estimate of drug-likeness (QED) is 0.866. The first kappa shape index (κ1) is 15.5. The molecular weight excluding hydrogens is 346 g/mol. The molecule has 0 aromatic heterocycles. The van der Waals surface area contributed by atoms with Crippen LogP contribution in [0.5, 0.6) is 0 Å². The second-order valence-corrected chi connectivity index (χ2v) is 6.80. The van der Waals surface area contributed by atoms with Crippen LogP contribution in [0.3, 0.4) is 0 Å². The topological polar surface area (TPSA) is 52.7 Å². The molecule has 0 radical (unpaired) electrons. The minimum atomic E-state index is -0.236. The summed E-state index contributed by atoms with van der Waals surface area (Å²) in [6, 6.07) is 7.83. The third-order valence-corrected chi connectivity index (χ3v) is 5.07. The van der Waals surface area contributed by atoms with E-state index in [1.54, 1.807) is 4.90 Å². The van der Waals surface area contributed by atoms with Crippen molar-refractivity contribution < 1.29 is 9.59 Å². The van der Waals surface area contributed by atoms with Gasteiger partial charge in [-0.2, -0.15) is 0 Å². The molecule has 1 aromatic carbocycles. The summed E-state index contributed by atoms with van der Waals surface area (Å²) >= 11 is 3.48. The van der Waals surface area contributed by atoms with E-state index >= 15 is 0 Å². The monoisotopic (exact) mass is 365 g/mol. The molecule has 6 heteroatoms. The number of halogens is 1. The van der Waals surface area contributed by atoms with E-state index in [4.69, 9.17) is 0 Å². The zero-order valence-electron chi connectivity index (χ0n) is 12.6. The number of hydrogen-bond acceptors (Lipinski definition) is 3. The van der Waals surface area contributed by atoms with Crippen molar-refractivity contribution in [2.45, 2.75) is 19.4 Å². The highest BCUT2D eigenvalue weighted by molar-refractivity contribution is 9.10. The Labute approximate surface area is 138 Å². The van der Waals surface area contributed by atoms with Gasteiger partial charge in [-0.15, -0.1) is 0 Å². The number of anilines is 1. The number of benzene rings is 1. The molecule has 0 saturated carbocycles. The highest BCUT2D eigenvalue weighted by Crippen LogP contribution is 2.32. The standard InChI is InChI=1S/C16H20BrN3O2/c1-11-9-18-6-7-19(11)16(22)12-8-15(21)20(10-12)14-5-3-2-4-13(14)17/h2-5,11-12,18H,6-10H2,1H3/t11-,12?/m1/s1. The molecule has 5 nitrogen and oxygen atoms in total. The van der Waals surface area contributed by atoms with E-state index in [2.05, 4.69) is 21.2 Å². The maximum absolute atomic E-state index is 12.7. The molecule has 2 amide bonds. The molecule has 0 bridgehead atoms. The molecule has 2 aliphatic heterocycles. The van der Waals surface area contributed by atoms with Crippen LogP contribution in [0.15, 0.2) is 28.7 Å². The number of hydrogen-bond donors (Lipinski definition) is 1. The molecular formula is C16H20BrN3O2. The Hall–Kier alpha value is -1.40. The molecule has 1 unspecified atom stereocenters. The fourth-order valence-electron chi connectivity index (χ4n) is 3.18. The Kier molecular flexibility index (Phi) is 4.49. The predicted octanol–water partition coefficient (Wildman–Crippen LogP) is 1.62. The summed E-state index contributed by atoms with van der Waals surface area (Å²) in [7, 11) is 0. The number of carbonyl (C=O) groups is 2. The van der Waals surface area contributed by atoms with Crippen molar-refractivity contribution in [3.05, 3.63) is 28.7 Å². The van der Waals surface area contributed by atoms with Crippen molar-refractivity contribution in [3.63, 3.8) is 0 Å². The van der Waals surface area contributed by atoms with Gasteiger partial charge in [0, 0.05) is 43.1 Å². The molecule has 118 valence electrons. The van der Waals surface area contributed by atoms with Gasteiger partial charge in [0.1, 0.15) is 0 Å². The second kappa shape index (κ2) is 6.38. The Balaban J connectivity index is 1.74. The van der Waals surface area contributed by atoms with E-state index in [0.717, 1.165) is 29.8 Å². The predicted molar refractivity (Wildman–Crippen MR) is 88.6 cm³/mol. The van der Waals surface area contributed by atoms with Gasteiger partial charge in [-0.1, -0.05) is 12.1 Å². The van der Waals surface area contributed by atoms with Crippen molar-refractivity contribution in [2.24, 2.45) is 5.92 Å². The van der Waals surface area contributed by atoms with Crippen LogP contribution in [-0.2, 0) is 9.59 Å². The van der Waals surface area contributed by atoms with Gasteiger partial charge in [-0.05, 0) is 35.0 Å². The molecule has 0 aliphatic carbocycles. The Bertz CT molecular complexity index is 593. The Morgan fingerprint density at radius 2 is 2.14 bits per heavy atom. The third-order valence-electron chi connectivity index (χ3n) is 4.40. The van der Waals surface area contributed by atoms with Gasteiger partial charge in [-0.25, -0.2) is 0 Å². The summed E-state index contributed by atoms with van der Waals surface area (Å²) in [4.78, 5) is 28.7. The van der Waals surface area contributed by atoms with Crippen molar-refractivity contribution >= 4 is 33.4 Å². The molecule has 1 N–H and O–H groups in total. The maximum atomic E-state index is 12.7. The number of nitrogens with one attached hydrogen (secondary N) is 1. The number of piperazine rings is 1. The first-order chi connectivity index (χ1) is 10.6. The highest BCUT2D eigenvalue weighted by atomic mass is 79.9. The van der Waals surface area contributed by atoms with Gasteiger partial charge in [0.2, 0.25) is 11.8 Å². The number of nitrogens with zero attached hydrogens (tertiary/aromatic N) is 2. The van der Waals surface area contributed by atoms with Gasteiger partial charge in [0.15, 0.2) is 0 Å². The van der Waals surface area contributed by atoms with E-state index in [1.165, 1.54) is 0 Å². The number of carbonyl (C=O) groups excluding carboxylic acids is 2. The number of amides is 2. The van der Waals surface area contributed by atoms with Crippen LogP contribution in [0.25, 0.3) is 0 Å². The normalized spacial score (nSPS) is 25.6. The van der Waals surface area contributed by atoms with Crippen molar-refractivity contribution in [1.82, 2.24) is 10.2 Å². The van der Waals surface area contributed by atoms with Crippen LogP contribution in [-0.4, -0.2) is 48.9 Å². The van der Waals surface area contributed by atoms with E-state index in [1.807, 2.05) is 36.1 Å². The van der Waals surface area contributed by atoms with Crippen molar-refractivity contribution in [3.8, 4) is 0 Å². The number of para-hydroxylation sites is 1. The Morgan fingerprint density at radius 1 is 1.36 bits per heavy atom. The summed E-state index contributed by atoms with van der Waals surface area (Å²) in [5.74, 6) is -0.106. The molecule has 2 fully saturated rings. The lowest BCUT2D eigenvalue weighted by atomic mass is 10.1. The molecule has 2 heterocycles. The summed E-state index contributed by atoms with van der Waals surface area (Å²) in [6.07, 6.45) is 0.302. The Morgan fingerprint density at radius 3 is 2.86 bits per heavy atom. The molecule has 0 spiro atoms. The van der Waals surface area contributed by atoms with Crippen LogP contribution in [0.2, 0.25) is 0 Å². The van der Waals surface area contributed by atoms with Crippen molar-refractivity contribution in [1.29, 1.82) is 0 Å². The lowest BCUT2D eigenvalue weighted by molar-refractivity contribution is -0.138. The average Bonchev–Trinajstić information content (AvgIpc) is 2.89. The SMILES string of the molecule is C[C@@H]1CNCCN1C(=O)C1CC(=O)N(c2ccccc2Br)C1. The molecule has 2 aliphatic rings. The second-order valence-electron chi connectivity index (χ2n) is 5.94. The molecule has 22 heavy (non-hydrogen) atoms. The molecule has 3 rings (SSSR count). The molecule has 2 saturated heterocycles. The summed E-state index contributed by atoms with van der Waals surface area (Å²) in [6.45, 7) is 4.88. The fraction of sp³-hybridized carbons (Fsp3) is 0.500. The van der Waals surface area contributed by atoms with Gasteiger partial charge in [0.25, 0.3) is 0 Å². The largest absolute Gasteiger partial charge is 0.337 e. The van der Waals surface area contributed by atoms with Crippen LogP contribution in [0.1, 0.15) is 13.3 Å². The van der Waals surface area contributed by atoms with E-state index < -0.39 is 0 Å². The lowest BCUT2D eigenvalue weighted by Gasteiger charge is -2.35. The van der Waals surface area contributed by atoms with Crippen LogP contribution in [0.4, 0.5) is 5.69 Å². The first-order valence-corrected chi connectivity index (χ1v) is 8.43. The maximum Gasteiger partial charge on any atom is 0.228 e. The summed E-state index contributed by atoms with van der Waals surface area (Å²) in [5, 5.41) is 3.28. The lowest BCUT2D eigenvalue weighted by Crippen LogP contribution is -2.54. The zero-order chi connectivity index (χ0) is 15.7. The van der Waals surface area contributed by atoms with Crippen LogP contribution < -0.4 is 10.2 Å². The van der Waals surface area contributed by atoms with Gasteiger partial charge in [0.05, 0.1) is 11.6 Å². The van der Waals surface area contributed by atoms with Crippen LogP contribution >= 0.6 is 15.9 Å². The molecule has 1 aromatic rings. The first-order valence-electron chi connectivity index (χ1n) is 7.64.